The van der Waals surface area contributed by atoms with Crippen LogP contribution in [0.2, 0.25) is 0 Å². The average molecular weight is 180 g/mol. The van der Waals surface area contributed by atoms with Crippen molar-refractivity contribution in [3.05, 3.63) is 30.1 Å². The molecule has 0 radical (unpaired) electrons. The largest absolute Gasteiger partial charge is 0.480 e. The number of nitrogens with zero attached hydrogens (tertiary/aromatic N) is 2. The van der Waals surface area contributed by atoms with E-state index in [1.165, 1.54) is 0 Å². The Hall–Kier alpha value is -1.42. The standard InChI is InChI=1S/C9H12N2O2/c1-11(2)8(9(12)13)7-3-5-10-6-4-7/h3-6,8H,1-2H3,(H,12,13). The zero-order valence-corrected chi connectivity index (χ0v) is 7.64. The van der Waals surface area contributed by atoms with Gasteiger partial charge in [-0.3, -0.25) is 14.7 Å². The molecule has 1 atom stereocenters. The van der Waals surface area contributed by atoms with Crippen LogP contribution in [0.25, 0.3) is 0 Å². The summed E-state index contributed by atoms with van der Waals surface area (Å²) < 4.78 is 0. The number of aromatic nitrogens is 1. The van der Waals surface area contributed by atoms with Gasteiger partial charge in [-0.1, -0.05) is 0 Å². The fourth-order valence-corrected chi connectivity index (χ4v) is 1.21. The maximum absolute atomic E-state index is 10.9. The van der Waals surface area contributed by atoms with Crippen molar-refractivity contribution in [2.45, 2.75) is 6.04 Å². The van der Waals surface area contributed by atoms with Crippen molar-refractivity contribution >= 4 is 5.97 Å². The number of hydrogen-bond acceptors (Lipinski definition) is 3. The Balaban J connectivity index is 2.96. The fourth-order valence-electron chi connectivity index (χ4n) is 1.21. The maximum atomic E-state index is 10.9. The van der Waals surface area contributed by atoms with Gasteiger partial charge < -0.3 is 5.11 Å². The van der Waals surface area contributed by atoms with Gasteiger partial charge in [-0.05, 0) is 31.8 Å². The third-order valence-corrected chi connectivity index (χ3v) is 1.77. The minimum absolute atomic E-state index is 0.594. The van der Waals surface area contributed by atoms with E-state index in [1.807, 2.05) is 0 Å². The van der Waals surface area contributed by atoms with Gasteiger partial charge in [0.15, 0.2) is 0 Å². The highest BCUT2D eigenvalue weighted by Gasteiger charge is 2.21. The minimum Gasteiger partial charge on any atom is -0.480 e. The van der Waals surface area contributed by atoms with Crippen LogP contribution in [0, 0.1) is 0 Å². The van der Waals surface area contributed by atoms with Crippen LogP contribution >= 0.6 is 0 Å². The Morgan fingerprint density at radius 1 is 1.46 bits per heavy atom. The van der Waals surface area contributed by atoms with Gasteiger partial charge in [0.05, 0.1) is 0 Å². The van der Waals surface area contributed by atoms with Gasteiger partial charge in [-0.25, -0.2) is 0 Å². The van der Waals surface area contributed by atoms with E-state index in [-0.39, 0.29) is 0 Å². The molecule has 0 aromatic carbocycles. The second kappa shape index (κ2) is 4.00. The van der Waals surface area contributed by atoms with Crippen LogP contribution in [0.5, 0.6) is 0 Å². The van der Waals surface area contributed by atoms with Gasteiger partial charge in [0, 0.05) is 12.4 Å². The Labute approximate surface area is 76.8 Å². The molecule has 0 spiro atoms. The van der Waals surface area contributed by atoms with Crippen molar-refractivity contribution in [3.63, 3.8) is 0 Å². The summed E-state index contributed by atoms with van der Waals surface area (Å²) in [5.74, 6) is -0.851. The number of likely N-dealkylation sites (N-methyl/N-ethyl adjacent to an activating group) is 1. The molecule has 4 heteroatoms. The molecule has 0 aliphatic heterocycles. The number of carbonyl (C=O) groups is 1. The molecule has 0 aliphatic rings. The Kier molecular flexibility index (Phi) is 2.97. The Morgan fingerprint density at radius 2 is 2.00 bits per heavy atom. The third kappa shape index (κ3) is 2.26. The van der Waals surface area contributed by atoms with Crippen LogP contribution in [0.1, 0.15) is 11.6 Å². The van der Waals surface area contributed by atoms with E-state index >= 15 is 0 Å². The summed E-state index contributed by atoms with van der Waals surface area (Å²) in [5, 5.41) is 8.94. The monoisotopic (exact) mass is 180 g/mol. The first-order valence-electron chi connectivity index (χ1n) is 3.92. The molecule has 0 amide bonds. The lowest BCUT2D eigenvalue weighted by atomic mass is 10.1. The SMILES string of the molecule is CN(C)C(C(=O)O)c1ccncc1. The first-order valence-corrected chi connectivity index (χ1v) is 3.92. The highest BCUT2D eigenvalue weighted by Crippen LogP contribution is 2.16. The molecule has 1 aromatic heterocycles. The Bertz CT molecular complexity index is 285. The number of rotatable bonds is 3. The molecule has 1 unspecified atom stereocenters. The molecular formula is C9H12N2O2. The van der Waals surface area contributed by atoms with E-state index < -0.39 is 12.0 Å². The second-order valence-electron chi connectivity index (χ2n) is 2.98. The van der Waals surface area contributed by atoms with Gasteiger partial charge >= 0.3 is 5.97 Å². The number of hydrogen-bond donors (Lipinski definition) is 1. The minimum atomic E-state index is -0.851. The zero-order valence-electron chi connectivity index (χ0n) is 7.64. The lowest BCUT2D eigenvalue weighted by Gasteiger charge is -2.19. The highest BCUT2D eigenvalue weighted by molar-refractivity contribution is 5.75. The van der Waals surface area contributed by atoms with Crippen LogP contribution in [0.3, 0.4) is 0 Å². The normalized spacial score (nSPS) is 12.8. The predicted octanol–water partition coefficient (Wildman–Crippen LogP) is 0.769. The molecule has 0 fully saturated rings. The topological polar surface area (TPSA) is 53.4 Å². The second-order valence-corrected chi connectivity index (χ2v) is 2.98. The molecule has 1 heterocycles. The summed E-state index contributed by atoms with van der Waals surface area (Å²) in [7, 11) is 3.47. The van der Waals surface area contributed by atoms with Crippen molar-refractivity contribution in [2.75, 3.05) is 14.1 Å². The molecule has 70 valence electrons. The van der Waals surface area contributed by atoms with E-state index in [0.29, 0.717) is 0 Å². The molecule has 0 saturated heterocycles. The van der Waals surface area contributed by atoms with Crippen molar-refractivity contribution < 1.29 is 9.90 Å². The third-order valence-electron chi connectivity index (χ3n) is 1.77. The zero-order chi connectivity index (χ0) is 9.84. The smallest absolute Gasteiger partial charge is 0.325 e. The van der Waals surface area contributed by atoms with Crippen molar-refractivity contribution in [3.8, 4) is 0 Å². The van der Waals surface area contributed by atoms with Gasteiger partial charge in [0.2, 0.25) is 0 Å². The Morgan fingerprint density at radius 3 is 2.38 bits per heavy atom. The maximum Gasteiger partial charge on any atom is 0.325 e. The predicted molar refractivity (Wildman–Crippen MR) is 48.3 cm³/mol. The molecule has 1 rings (SSSR count). The number of pyridine rings is 1. The van der Waals surface area contributed by atoms with E-state index in [0.717, 1.165) is 5.56 Å². The average Bonchev–Trinajstić information content (AvgIpc) is 2.04. The molecular weight excluding hydrogens is 168 g/mol. The van der Waals surface area contributed by atoms with Gasteiger partial charge in [-0.2, -0.15) is 0 Å². The van der Waals surface area contributed by atoms with Gasteiger partial charge in [-0.15, -0.1) is 0 Å². The van der Waals surface area contributed by atoms with E-state index in [4.69, 9.17) is 5.11 Å². The first kappa shape index (κ1) is 9.67. The van der Waals surface area contributed by atoms with Crippen molar-refractivity contribution in [1.29, 1.82) is 0 Å². The molecule has 1 aromatic rings. The number of carboxylic acids is 1. The van der Waals surface area contributed by atoms with Crippen molar-refractivity contribution in [2.24, 2.45) is 0 Å². The lowest BCUT2D eigenvalue weighted by molar-refractivity contribution is -0.142. The molecule has 13 heavy (non-hydrogen) atoms. The lowest BCUT2D eigenvalue weighted by Crippen LogP contribution is -2.27. The highest BCUT2D eigenvalue weighted by atomic mass is 16.4. The van der Waals surface area contributed by atoms with E-state index in [2.05, 4.69) is 4.98 Å². The molecule has 4 nitrogen and oxygen atoms in total. The van der Waals surface area contributed by atoms with E-state index in [9.17, 15) is 4.79 Å². The summed E-state index contributed by atoms with van der Waals surface area (Å²) in [5.41, 5.74) is 0.743. The van der Waals surface area contributed by atoms with Crippen LogP contribution in [-0.2, 0) is 4.79 Å². The summed E-state index contributed by atoms with van der Waals surface area (Å²) >= 11 is 0. The molecule has 0 saturated carbocycles. The van der Waals surface area contributed by atoms with Gasteiger partial charge in [0.25, 0.3) is 0 Å². The number of aliphatic carboxylic acids is 1. The van der Waals surface area contributed by atoms with Crippen LogP contribution in [0.4, 0.5) is 0 Å². The summed E-state index contributed by atoms with van der Waals surface area (Å²) in [6, 6.07) is 2.82. The summed E-state index contributed by atoms with van der Waals surface area (Å²) in [6.45, 7) is 0. The van der Waals surface area contributed by atoms with Crippen LogP contribution in [0.15, 0.2) is 24.5 Å². The molecule has 0 aliphatic carbocycles. The fraction of sp³-hybridized carbons (Fsp3) is 0.333. The summed E-state index contributed by atoms with van der Waals surface area (Å²) in [6.07, 6.45) is 3.18. The molecule has 1 N–H and O–H groups in total. The van der Waals surface area contributed by atoms with Crippen LogP contribution < -0.4 is 0 Å². The molecule has 0 bridgehead atoms. The quantitative estimate of drug-likeness (QED) is 0.746. The van der Waals surface area contributed by atoms with E-state index in [1.54, 1.807) is 43.5 Å². The van der Waals surface area contributed by atoms with Crippen LogP contribution in [-0.4, -0.2) is 35.1 Å². The van der Waals surface area contributed by atoms with Gasteiger partial charge in [0.1, 0.15) is 6.04 Å². The number of carboxylic acid groups (broad SMARTS) is 1. The van der Waals surface area contributed by atoms with Crippen molar-refractivity contribution in [1.82, 2.24) is 9.88 Å². The first-order chi connectivity index (χ1) is 6.13. The summed E-state index contributed by atoms with van der Waals surface area (Å²) in [4.78, 5) is 16.4.